The van der Waals surface area contributed by atoms with Crippen LogP contribution in [0.15, 0.2) is 19.2 Å². The highest BCUT2D eigenvalue weighted by atomic mass is 32.1. The number of rotatable bonds is 4. The summed E-state index contributed by atoms with van der Waals surface area (Å²) in [5.74, 6) is 0. The largest absolute Gasteiger partial charge is 0.298 e. The van der Waals surface area contributed by atoms with Crippen LogP contribution in [0.3, 0.4) is 0 Å². The van der Waals surface area contributed by atoms with Crippen LogP contribution in [0.2, 0.25) is 0 Å². The fourth-order valence-corrected chi connectivity index (χ4v) is 2.68. The molecule has 1 heterocycles. The first-order chi connectivity index (χ1) is 9.19. The Balaban J connectivity index is 0. The molecule has 0 amide bonds. The Morgan fingerprint density at radius 1 is 1.11 bits per heavy atom. The number of hydrogen-bond donors (Lipinski definition) is 0. The minimum Gasteiger partial charge on any atom is -0.298 e. The van der Waals surface area contributed by atoms with Crippen molar-refractivity contribution in [1.82, 2.24) is 0 Å². The van der Waals surface area contributed by atoms with Crippen LogP contribution in [0, 0.1) is 6.92 Å². The lowest BCUT2D eigenvalue weighted by Crippen LogP contribution is -1.84. The predicted molar refractivity (Wildman–Crippen MR) is 91.6 cm³/mol. The first-order valence-corrected chi connectivity index (χ1v) is 7.51. The van der Waals surface area contributed by atoms with Crippen molar-refractivity contribution < 1.29 is 4.79 Å². The van der Waals surface area contributed by atoms with E-state index < -0.39 is 0 Å². The predicted octanol–water partition coefficient (Wildman–Crippen LogP) is 6.00. The number of thiophene rings is 1. The zero-order valence-corrected chi connectivity index (χ0v) is 13.9. The average Bonchev–Trinajstić information content (AvgIpc) is 2.81. The van der Waals surface area contributed by atoms with Crippen molar-refractivity contribution >= 4 is 35.3 Å². The van der Waals surface area contributed by atoms with E-state index in [1.165, 1.54) is 0 Å². The van der Waals surface area contributed by atoms with Crippen LogP contribution in [-0.2, 0) is 4.79 Å². The number of carbonyl (C=O) groups is 1. The van der Waals surface area contributed by atoms with Crippen LogP contribution < -0.4 is 0 Å². The summed E-state index contributed by atoms with van der Waals surface area (Å²) in [6, 6.07) is 0. The molecule has 1 rings (SSSR count). The molecule has 0 atom stereocenters. The Morgan fingerprint density at radius 2 is 1.63 bits per heavy atom. The molecule has 1 nitrogen and oxygen atoms in total. The van der Waals surface area contributed by atoms with Gasteiger partial charge in [0.15, 0.2) is 6.29 Å². The van der Waals surface area contributed by atoms with Gasteiger partial charge < -0.3 is 0 Å². The van der Waals surface area contributed by atoms with E-state index in [-0.39, 0.29) is 0 Å². The maximum atomic E-state index is 10.9. The molecule has 0 saturated heterocycles. The highest BCUT2D eigenvalue weighted by Gasteiger charge is 2.12. The van der Waals surface area contributed by atoms with E-state index in [4.69, 9.17) is 0 Å². The van der Waals surface area contributed by atoms with Crippen molar-refractivity contribution in [2.75, 3.05) is 0 Å². The highest BCUT2D eigenvalue weighted by molar-refractivity contribution is 7.14. The van der Waals surface area contributed by atoms with E-state index in [9.17, 15) is 4.79 Å². The highest BCUT2D eigenvalue weighted by Crippen LogP contribution is 2.33. The van der Waals surface area contributed by atoms with Gasteiger partial charge >= 0.3 is 0 Å². The molecule has 0 radical (unpaired) electrons. The van der Waals surface area contributed by atoms with E-state index in [1.54, 1.807) is 17.4 Å². The second-order valence-electron chi connectivity index (χ2n) is 3.10. The van der Waals surface area contributed by atoms with Gasteiger partial charge in [-0.25, -0.2) is 0 Å². The Hall–Kier alpha value is -1.41. The van der Waals surface area contributed by atoms with Crippen molar-refractivity contribution in [3.8, 4) is 0 Å². The van der Waals surface area contributed by atoms with Crippen LogP contribution in [0.5, 0.6) is 0 Å². The normalized spacial score (nSPS) is 9.47. The summed E-state index contributed by atoms with van der Waals surface area (Å²) >= 11 is 1.58. The molecule has 0 aliphatic heterocycles. The minimum atomic E-state index is 0.730. The van der Waals surface area contributed by atoms with Crippen molar-refractivity contribution in [1.29, 1.82) is 0 Å². The van der Waals surface area contributed by atoms with E-state index in [2.05, 4.69) is 13.2 Å². The molecule has 0 fully saturated rings. The summed E-state index contributed by atoms with van der Waals surface area (Å²) in [6.45, 7) is 19.4. The molecule has 2 heteroatoms. The molecular formula is C17H26OS. The van der Waals surface area contributed by atoms with Crippen molar-refractivity contribution in [2.24, 2.45) is 0 Å². The first kappa shape index (κ1) is 19.9. The number of aldehydes is 1. The molecule has 1 aromatic rings. The van der Waals surface area contributed by atoms with Crippen LogP contribution >= 0.6 is 11.3 Å². The molecular weight excluding hydrogens is 252 g/mol. The Labute approximate surface area is 122 Å². The SMILES string of the molecule is C=Cc1sc(/C(C=O)=C\C)c(C)c1C=C.CC.CC. The van der Waals surface area contributed by atoms with Crippen molar-refractivity contribution in [3.05, 3.63) is 40.1 Å². The first-order valence-electron chi connectivity index (χ1n) is 6.69. The lowest BCUT2D eigenvalue weighted by atomic mass is 10.1. The van der Waals surface area contributed by atoms with Crippen LogP contribution in [0.1, 0.15) is 55.5 Å². The number of carbonyl (C=O) groups excluding carboxylic acids is 1. The summed E-state index contributed by atoms with van der Waals surface area (Å²) in [4.78, 5) is 13.0. The lowest BCUT2D eigenvalue weighted by molar-refractivity contribution is -0.103. The molecule has 0 N–H and O–H groups in total. The van der Waals surface area contributed by atoms with Crippen LogP contribution in [-0.4, -0.2) is 6.29 Å². The molecule has 19 heavy (non-hydrogen) atoms. The van der Waals surface area contributed by atoms with Gasteiger partial charge in [0.1, 0.15) is 0 Å². The van der Waals surface area contributed by atoms with E-state index >= 15 is 0 Å². The van der Waals surface area contributed by atoms with Gasteiger partial charge in [-0.1, -0.05) is 59.1 Å². The van der Waals surface area contributed by atoms with E-state index in [0.29, 0.717) is 0 Å². The third kappa shape index (κ3) is 4.99. The second kappa shape index (κ2) is 11.7. The van der Waals surface area contributed by atoms with Gasteiger partial charge in [0.25, 0.3) is 0 Å². The van der Waals surface area contributed by atoms with Gasteiger partial charge in [0.05, 0.1) is 0 Å². The Bertz CT molecular complexity index is 436. The molecule has 106 valence electrons. The molecule has 0 unspecified atom stereocenters. The summed E-state index contributed by atoms with van der Waals surface area (Å²) in [7, 11) is 0. The maximum Gasteiger partial charge on any atom is 0.151 e. The molecule has 0 aliphatic carbocycles. The number of hydrogen-bond acceptors (Lipinski definition) is 2. The summed E-state index contributed by atoms with van der Waals surface area (Å²) in [5.41, 5.74) is 2.91. The smallest absolute Gasteiger partial charge is 0.151 e. The Kier molecular flexibility index (Phi) is 12.2. The monoisotopic (exact) mass is 278 g/mol. The molecule has 0 bridgehead atoms. The summed E-state index contributed by atoms with van der Waals surface area (Å²) in [6.07, 6.45) is 6.32. The zero-order valence-electron chi connectivity index (χ0n) is 13.0. The average molecular weight is 278 g/mol. The second-order valence-corrected chi connectivity index (χ2v) is 4.16. The third-order valence-electron chi connectivity index (χ3n) is 2.31. The van der Waals surface area contributed by atoms with Crippen LogP contribution in [0.25, 0.3) is 17.7 Å². The Morgan fingerprint density at radius 3 is 1.89 bits per heavy atom. The van der Waals surface area contributed by atoms with Gasteiger partial charge in [-0.2, -0.15) is 0 Å². The molecule has 1 aromatic heterocycles. The fourth-order valence-electron chi connectivity index (χ4n) is 1.48. The standard InChI is InChI=1S/C13H14OS.2C2H6/c1-5-10(8-14)13-9(4)11(6-2)12(7-3)15-13;2*1-2/h5-8H,2-3H2,1,4H3;2*1-2H3/b10-5-;;. The van der Waals surface area contributed by atoms with Gasteiger partial charge in [-0.05, 0) is 25.0 Å². The van der Waals surface area contributed by atoms with Crippen molar-refractivity contribution in [3.63, 3.8) is 0 Å². The van der Waals surface area contributed by atoms with Gasteiger partial charge in [0, 0.05) is 15.3 Å². The maximum absolute atomic E-state index is 10.9. The third-order valence-corrected chi connectivity index (χ3v) is 3.66. The van der Waals surface area contributed by atoms with E-state index in [0.717, 1.165) is 32.7 Å². The van der Waals surface area contributed by atoms with E-state index in [1.807, 2.05) is 53.7 Å². The summed E-state index contributed by atoms with van der Waals surface area (Å²) in [5, 5.41) is 0. The lowest BCUT2D eigenvalue weighted by Gasteiger charge is -1.97. The quantitative estimate of drug-likeness (QED) is 0.488. The minimum absolute atomic E-state index is 0.730. The number of allylic oxidation sites excluding steroid dienone is 2. The fraction of sp³-hybridized carbons (Fsp3) is 0.353. The molecule has 0 spiro atoms. The van der Waals surface area contributed by atoms with Gasteiger partial charge in [-0.15, -0.1) is 11.3 Å². The van der Waals surface area contributed by atoms with Gasteiger partial charge in [-0.3, -0.25) is 4.79 Å². The molecule has 0 aliphatic rings. The van der Waals surface area contributed by atoms with Crippen LogP contribution in [0.4, 0.5) is 0 Å². The summed E-state index contributed by atoms with van der Waals surface area (Å²) < 4.78 is 0. The van der Waals surface area contributed by atoms with Crippen molar-refractivity contribution in [2.45, 2.75) is 41.5 Å². The topological polar surface area (TPSA) is 17.1 Å². The molecule has 0 aromatic carbocycles. The molecule has 0 saturated carbocycles. The zero-order chi connectivity index (χ0) is 15.4. The van der Waals surface area contributed by atoms with Gasteiger partial charge in [0.2, 0.25) is 0 Å².